The summed E-state index contributed by atoms with van der Waals surface area (Å²) < 4.78 is 1.98. The molecule has 0 aromatic carbocycles. The average molecular weight is 318 g/mol. The number of hydrogen-bond acceptors (Lipinski definition) is 3. The third kappa shape index (κ3) is 3.02. The lowest BCUT2D eigenvalue weighted by molar-refractivity contribution is 0.164. The zero-order valence-electron chi connectivity index (χ0n) is 13.0. The molecule has 118 valence electrons. The number of rotatable bonds is 4. The van der Waals surface area contributed by atoms with E-state index in [1.165, 1.54) is 10.4 Å². The molecule has 0 fully saturated rings. The van der Waals surface area contributed by atoms with Crippen molar-refractivity contribution in [3.8, 4) is 0 Å². The number of fused-ring (bicyclic) bond motifs is 1. The minimum Gasteiger partial charge on any atom is -0.335 e. The van der Waals surface area contributed by atoms with E-state index in [-0.39, 0.29) is 18.1 Å². The summed E-state index contributed by atoms with van der Waals surface area (Å²) in [6.45, 7) is 5.71. The number of nitrogens with zero attached hydrogens (tertiary/aromatic N) is 3. The summed E-state index contributed by atoms with van der Waals surface area (Å²) in [7, 11) is 0. The van der Waals surface area contributed by atoms with Crippen LogP contribution in [0.25, 0.3) is 0 Å². The van der Waals surface area contributed by atoms with Crippen molar-refractivity contribution in [3.63, 3.8) is 0 Å². The highest BCUT2D eigenvalue weighted by Gasteiger charge is 2.30. The van der Waals surface area contributed by atoms with Gasteiger partial charge in [-0.1, -0.05) is 6.92 Å². The predicted molar refractivity (Wildman–Crippen MR) is 88.0 cm³/mol. The zero-order valence-corrected chi connectivity index (χ0v) is 13.8. The van der Waals surface area contributed by atoms with Crippen LogP contribution in [0.4, 0.5) is 4.79 Å². The number of thiophene rings is 1. The lowest BCUT2D eigenvalue weighted by Crippen LogP contribution is -2.48. The van der Waals surface area contributed by atoms with Crippen molar-refractivity contribution in [1.29, 1.82) is 0 Å². The van der Waals surface area contributed by atoms with Gasteiger partial charge in [0, 0.05) is 36.4 Å². The van der Waals surface area contributed by atoms with Gasteiger partial charge in [-0.15, -0.1) is 11.3 Å². The van der Waals surface area contributed by atoms with E-state index < -0.39 is 0 Å². The van der Waals surface area contributed by atoms with E-state index in [9.17, 15) is 4.79 Å². The van der Waals surface area contributed by atoms with Crippen molar-refractivity contribution in [1.82, 2.24) is 19.8 Å². The standard InChI is InChI=1S/C16H22N4OS/c1-3-14-13-5-9-22-15(13)4-7-20(14)16(21)18-12(2)10-19-8-6-17-11-19/h5-6,8-9,11-12,14H,3-4,7,10H2,1-2H3,(H,18,21)/t12-,14-/m1/s1. The molecule has 0 aliphatic carbocycles. The molecule has 3 rings (SSSR count). The predicted octanol–water partition coefficient (Wildman–Crippen LogP) is 3.05. The SMILES string of the molecule is CC[C@@H]1c2ccsc2CCN1C(=O)N[C@H](C)Cn1ccnc1. The number of aromatic nitrogens is 2. The maximum Gasteiger partial charge on any atom is 0.318 e. The number of amides is 2. The van der Waals surface area contributed by atoms with E-state index in [1.807, 2.05) is 22.6 Å². The van der Waals surface area contributed by atoms with E-state index in [1.54, 1.807) is 23.9 Å². The first kappa shape index (κ1) is 15.1. The lowest BCUT2D eigenvalue weighted by Gasteiger charge is -2.36. The van der Waals surface area contributed by atoms with Crippen LogP contribution in [-0.2, 0) is 13.0 Å². The van der Waals surface area contributed by atoms with Crippen LogP contribution in [0, 0.1) is 0 Å². The molecular formula is C16H22N4OS. The van der Waals surface area contributed by atoms with E-state index in [0.29, 0.717) is 0 Å². The van der Waals surface area contributed by atoms with E-state index in [4.69, 9.17) is 0 Å². The summed E-state index contributed by atoms with van der Waals surface area (Å²) in [6, 6.07) is 2.48. The molecule has 0 radical (unpaired) electrons. The van der Waals surface area contributed by atoms with E-state index in [2.05, 4.69) is 28.7 Å². The number of imidazole rings is 1. The second-order valence-electron chi connectivity index (χ2n) is 5.78. The third-order valence-electron chi connectivity index (χ3n) is 4.16. The van der Waals surface area contributed by atoms with Gasteiger partial charge in [0.25, 0.3) is 0 Å². The van der Waals surface area contributed by atoms with Crippen molar-refractivity contribution >= 4 is 17.4 Å². The first-order chi connectivity index (χ1) is 10.7. The van der Waals surface area contributed by atoms with Gasteiger partial charge in [-0.2, -0.15) is 0 Å². The highest BCUT2D eigenvalue weighted by Crippen LogP contribution is 2.35. The third-order valence-corrected chi connectivity index (χ3v) is 5.15. The summed E-state index contributed by atoms with van der Waals surface area (Å²) in [4.78, 5) is 20.1. The van der Waals surface area contributed by atoms with Crippen LogP contribution >= 0.6 is 11.3 Å². The van der Waals surface area contributed by atoms with Gasteiger partial charge in [0.1, 0.15) is 0 Å². The van der Waals surface area contributed by atoms with Gasteiger partial charge in [0.15, 0.2) is 0 Å². The molecule has 5 nitrogen and oxygen atoms in total. The molecule has 2 aromatic rings. The smallest absolute Gasteiger partial charge is 0.318 e. The first-order valence-electron chi connectivity index (χ1n) is 7.78. The van der Waals surface area contributed by atoms with Gasteiger partial charge in [0.2, 0.25) is 0 Å². The summed E-state index contributed by atoms with van der Waals surface area (Å²) in [6.07, 6.45) is 7.36. The maximum absolute atomic E-state index is 12.6. The molecule has 0 saturated heterocycles. The Hall–Kier alpha value is -1.82. The molecule has 2 amide bonds. The fourth-order valence-electron chi connectivity index (χ4n) is 3.13. The fraction of sp³-hybridized carbons (Fsp3) is 0.500. The molecule has 1 aliphatic rings. The van der Waals surface area contributed by atoms with Crippen molar-refractivity contribution < 1.29 is 4.79 Å². The van der Waals surface area contributed by atoms with Crippen LogP contribution < -0.4 is 5.32 Å². The Kier molecular flexibility index (Phi) is 4.47. The molecular weight excluding hydrogens is 296 g/mol. The molecule has 22 heavy (non-hydrogen) atoms. The summed E-state index contributed by atoms with van der Waals surface area (Å²) in [5.74, 6) is 0. The van der Waals surface area contributed by atoms with Gasteiger partial charge in [0.05, 0.1) is 12.4 Å². The van der Waals surface area contributed by atoms with Crippen LogP contribution in [0.3, 0.4) is 0 Å². The molecule has 0 spiro atoms. The number of carbonyl (C=O) groups excluding carboxylic acids is 1. The van der Waals surface area contributed by atoms with Gasteiger partial charge in [-0.25, -0.2) is 9.78 Å². The Morgan fingerprint density at radius 2 is 2.45 bits per heavy atom. The Labute approximate surface area is 135 Å². The molecule has 6 heteroatoms. The number of carbonyl (C=O) groups is 1. The average Bonchev–Trinajstić information content (AvgIpc) is 3.16. The molecule has 0 bridgehead atoms. The fourth-order valence-corrected chi connectivity index (χ4v) is 4.06. The molecule has 0 saturated carbocycles. The lowest BCUT2D eigenvalue weighted by atomic mass is 9.98. The first-order valence-corrected chi connectivity index (χ1v) is 8.66. The second-order valence-corrected chi connectivity index (χ2v) is 6.78. The van der Waals surface area contributed by atoms with Crippen molar-refractivity contribution in [2.45, 2.75) is 45.3 Å². The largest absolute Gasteiger partial charge is 0.335 e. The summed E-state index contributed by atoms with van der Waals surface area (Å²) >= 11 is 1.81. The molecule has 0 unspecified atom stereocenters. The molecule has 1 N–H and O–H groups in total. The minimum absolute atomic E-state index is 0.0383. The van der Waals surface area contributed by atoms with Crippen LogP contribution in [0.2, 0.25) is 0 Å². The highest BCUT2D eigenvalue weighted by atomic mass is 32.1. The zero-order chi connectivity index (χ0) is 15.5. The van der Waals surface area contributed by atoms with Crippen LogP contribution in [0.15, 0.2) is 30.2 Å². The van der Waals surface area contributed by atoms with E-state index in [0.717, 1.165) is 25.9 Å². The van der Waals surface area contributed by atoms with E-state index >= 15 is 0 Å². The monoisotopic (exact) mass is 318 g/mol. The minimum atomic E-state index is 0.0383. The Bertz CT molecular complexity index is 622. The van der Waals surface area contributed by atoms with Crippen LogP contribution in [0.5, 0.6) is 0 Å². The molecule has 2 aromatic heterocycles. The molecule has 1 aliphatic heterocycles. The van der Waals surface area contributed by atoms with Gasteiger partial charge in [-0.05, 0) is 36.8 Å². The second kappa shape index (κ2) is 6.52. The maximum atomic E-state index is 12.6. The summed E-state index contributed by atoms with van der Waals surface area (Å²) in [5, 5.41) is 5.25. The summed E-state index contributed by atoms with van der Waals surface area (Å²) in [5.41, 5.74) is 1.33. The quantitative estimate of drug-likeness (QED) is 0.942. The Balaban J connectivity index is 1.64. The highest BCUT2D eigenvalue weighted by molar-refractivity contribution is 7.10. The normalized spacial score (nSPS) is 18.8. The van der Waals surface area contributed by atoms with Crippen LogP contribution in [0.1, 0.15) is 36.8 Å². The number of nitrogens with one attached hydrogen (secondary N) is 1. The van der Waals surface area contributed by atoms with Crippen LogP contribution in [-0.4, -0.2) is 33.1 Å². The topological polar surface area (TPSA) is 50.2 Å². The number of urea groups is 1. The van der Waals surface area contributed by atoms with Crippen molar-refractivity contribution in [2.24, 2.45) is 0 Å². The van der Waals surface area contributed by atoms with Crippen molar-refractivity contribution in [2.75, 3.05) is 6.54 Å². The molecule has 2 atom stereocenters. The van der Waals surface area contributed by atoms with Crippen molar-refractivity contribution in [3.05, 3.63) is 40.6 Å². The number of hydrogen-bond donors (Lipinski definition) is 1. The Morgan fingerprint density at radius 3 is 3.18 bits per heavy atom. The van der Waals surface area contributed by atoms with Gasteiger partial charge < -0.3 is 14.8 Å². The van der Waals surface area contributed by atoms with Gasteiger partial charge in [-0.3, -0.25) is 0 Å². The van der Waals surface area contributed by atoms with Gasteiger partial charge >= 0.3 is 6.03 Å². The molecule has 3 heterocycles. The Morgan fingerprint density at radius 1 is 1.59 bits per heavy atom.